The Labute approximate surface area is 143 Å². The van der Waals surface area contributed by atoms with E-state index in [0.29, 0.717) is 0 Å². The first-order chi connectivity index (χ1) is 10.0. The van der Waals surface area contributed by atoms with Crippen LogP contribution in [0.5, 0.6) is 0 Å². The summed E-state index contributed by atoms with van der Waals surface area (Å²) in [6, 6.07) is 6.64. The van der Waals surface area contributed by atoms with Crippen molar-refractivity contribution >= 4 is 12.9 Å². The van der Waals surface area contributed by atoms with Crippen LogP contribution in [0.4, 0.5) is 0 Å². The minimum atomic E-state index is -0.919. The summed E-state index contributed by atoms with van der Waals surface area (Å²) < 4.78 is 5.94. The topological polar surface area (TPSA) is 29.5 Å². The molecule has 1 rings (SSSR count). The molecule has 0 fully saturated rings. The van der Waals surface area contributed by atoms with Gasteiger partial charge in [-0.25, -0.2) is 0 Å². The predicted molar refractivity (Wildman–Crippen MR) is 101 cm³/mol. The van der Waals surface area contributed by atoms with Crippen molar-refractivity contribution in [1.82, 2.24) is 0 Å². The van der Waals surface area contributed by atoms with Crippen molar-refractivity contribution in [2.45, 2.75) is 91.3 Å². The van der Waals surface area contributed by atoms with Crippen LogP contribution in [0, 0.1) is 0 Å². The number of rotatable bonds is 4. The molecule has 0 unspecified atom stereocenters. The summed E-state index contributed by atoms with van der Waals surface area (Å²) >= 11 is 0. The summed E-state index contributed by atoms with van der Waals surface area (Å²) in [6.07, 6.45) is 0. The molecule has 0 aliphatic carbocycles. The average Bonchev–Trinajstić information content (AvgIpc) is 2.32. The maximum atomic E-state index is 10.2. The summed E-state index contributed by atoms with van der Waals surface area (Å²) in [7, 11) is 1.78. The van der Waals surface area contributed by atoms with Gasteiger partial charge in [0, 0.05) is 0 Å². The van der Waals surface area contributed by atoms with Gasteiger partial charge < -0.3 is 9.76 Å². The highest BCUT2D eigenvalue weighted by atomic mass is 16.5. The molecule has 0 spiro atoms. The Bertz CT molecular complexity index is 508. The van der Waals surface area contributed by atoms with E-state index in [2.05, 4.69) is 59.7 Å². The van der Waals surface area contributed by atoms with Gasteiger partial charge in [0.2, 0.25) is 0 Å². The fourth-order valence-electron chi connectivity index (χ4n) is 1.95. The minimum Gasteiger partial charge on any atom is -0.427 e. The number of hydrogen-bond donors (Lipinski definition) is 1. The first-order valence-electron chi connectivity index (χ1n) is 8.43. The van der Waals surface area contributed by atoms with Crippen molar-refractivity contribution in [2.24, 2.45) is 0 Å². The summed E-state index contributed by atoms with van der Waals surface area (Å²) in [5.41, 5.74) is 2.21. The zero-order chi connectivity index (χ0) is 18.3. The average molecular weight is 317 g/mol. The van der Waals surface area contributed by atoms with Gasteiger partial charge in [-0.3, -0.25) is 0 Å². The van der Waals surface area contributed by atoms with Gasteiger partial charge in [-0.2, -0.15) is 0 Å². The van der Waals surface area contributed by atoms with E-state index >= 15 is 0 Å². The summed E-state index contributed by atoms with van der Waals surface area (Å²) in [5.74, 6) is 0. The Hall–Kier alpha value is -0.795. The normalized spacial score (nSPS) is 14.0. The lowest BCUT2D eigenvalue weighted by molar-refractivity contribution is -0.0893. The third kappa shape index (κ3) is 5.36. The molecule has 0 bridgehead atoms. The second kappa shape index (κ2) is 6.25. The largest absolute Gasteiger partial charge is 0.427 e. The molecule has 0 heterocycles. The van der Waals surface area contributed by atoms with Crippen molar-refractivity contribution in [3.63, 3.8) is 0 Å². The predicted octanol–water partition coefficient (Wildman–Crippen LogP) is 4.09. The lowest BCUT2D eigenvalue weighted by Gasteiger charge is -2.37. The van der Waals surface area contributed by atoms with Gasteiger partial charge >= 0.3 is 7.48 Å². The van der Waals surface area contributed by atoms with Crippen molar-refractivity contribution in [3.05, 3.63) is 29.3 Å². The second-order valence-electron chi connectivity index (χ2n) is 9.65. The smallest absolute Gasteiger partial charge is 0.330 e. The zero-order valence-electron chi connectivity index (χ0n) is 16.7. The molecule has 129 valence electrons. The molecule has 0 atom stereocenters. The molecule has 2 nitrogen and oxygen atoms in total. The van der Waals surface area contributed by atoms with Crippen LogP contribution in [-0.4, -0.2) is 23.8 Å². The Balaban J connectivity index is 3.17. The van der Waals surface area contributed by atoms with Crippen molar-refractivity contribution in [3.8, 4) is 0 Å². The molecule has 1 aromatic rings. The van der Waals surface area contributed by atoms with Crippen LogP contribution in [0.1, 0.15) is 80.4 Å². The lowest BCUT2D eigenvalue weighted by atomic mass is 9.74. The summed E-state index contributed by atoms with van der Waals surface area (Å²) in [6.45, 7) is 20.7. The third-order valence-electron chi connectivity index (χ3n) is 4.65. The summed E-state index contributed by atoms with van der Waals surface area (Å²) in [5, 5.41) is 10.2. The maximum absolute atomic E-state index is 10.2. The summed E-state index contributed by atoms with van der Waals surface area (Å²) in [4.78, 5) is 0. The highest BCUT2D eigenvalue weighted by Crippen LogP contribution is 2.28. The fourth-order valence-corrected chi connectivity index (χ4v) is 1.95. The van der Waals surface area contributed by atoms with E-state index < -0.39 is 11.2 Å². The van der Waals surface area contributed by atoms with Crippen molar-refractivity contribution in [2.75, 3.05) is 0 Å². The maximum Gasteiger partial charge on any atom is 0.330 e. The van der Waals surface area contributed by atoms with Gasteiger partial charge in [0.15, 0.2) is 0 Å². The van der Waals surface area contributed by atoms with Crippen molar-refractivity contribution < 1.29 is 9.76 Å². The van der Waals surface area contributed by atoms with Gasteiger partial charge in [-0.1, -0.05) is 65.2 Å². The highest BCUT2D eigenvalue weighted by molar-refractivity contribution is 6.47. The van der Waals surface area contributed by atoms with E-state index in [1.54, 1.807) is 21.3 Å². The SMILES string of the molecule is CC(C)(C)c1cc([B]OC(C)(C)C(C)(C)O)cc(C(C)(C)C)c1. The molecule has 1 radical (unpaired) electrons. The molecule has 1 aromatic carbocycles. The first-order valence-corrected chi connectivity index (χ1v) is 8.43. The molecule has 0 saturated carbocycles. The Morgan fingerprint density at radius 1 is 0.739 bits per heavy atom. The van der Waals surface area contributed by atoms with Gasteiger partial charge in [0.1, 0.15) is 0 Å². The van der Waals surface area contributed by atoms with Crippen LogP contribution in [0.25, 0.3) is 0 Å². The van der Waals surface area contributed by atoms with E-state index in [0.717, 1.165) is 5.46 Å². The van der Waals surface area contributed by atoms with Crippen molar-refractivity contribution in [1.29, 1.82) is 0 Å². The molecular weight excluding hydrogens is 283 g/mol. The van der Waals surface area contributed by atoms with E-state index in [4.69, 9.17) is 4.65 Å². The van der Waals surface area contributed by atoms with Crippen LogP contribution in [0.3, 0.4) is 0 Å². The first kappa shape index (κ1) is 20.2. The number of benzene rings is 1. The third-order valence-corrected chi connectivity index (χ3v) is 4.65. The molecule has 0 amide bonds. The van der Waals surface area contributed by atoms with Gasteiger partial charge in [0.05, 0.1) is 11.2 Å². The Morgan fingerprint density at radius 2 is 1.13 bits per heavy atom. The molecule has 0 aliphatic rings. The van der Waals surface area contributed by atoms with E-state index in [1.165, 1.54) is 11.1 Å². The second-order valence-corrected chi connectivity index (χ2v) is 9.65. The minimum absolute atomic E-state index is 0.0790. The quantitative estimate of drug-likeness (QED) is 0.848. The lowest BCUT2D eigenvalue weighted by Crippen LogP contribution is -2.49. The van der Waals surface area contributed by atoms with Crippen LogP contribution in [-0.2, 0) is 15.5 Å². The standard InChI is InChI=1S/C20H34BO2/c1-17(2,3)14-11-15(18(4,5)6)13-16(12-14)21-23-20(9,10)19(7,8)22/h11-13,22H,1-10H3. The zero-order valence-corrected chi connectivity index (χ0v) is 16.7. The molecule has 3 heteroatoms. The van der Waals surface area contributed by atoms with Crippen LogP contribution >= 0.6 is 0 Å². The fraction of sp³-hybridized carbons (Fsp3) is 0.700. The number of hydrogen-bond acceptors (Lipinski definition) is 2. The Morgan fingerprint density at radius 3 is 1.43 bits per heavy atom. The molecule has 1 N–H and O–H groups in total. The van der Waals surface area contributed by atoms with E-state index in [-0.39, 0.29) is 10.8 Å². The van der Waals surface area contributed by atoms with Crippen LogP contribution < -0.4 is 5.46 Å². The van der Waals surface area contributed by atoms with Gasteiger partial charge in [-0.15, -0.1) is 0 Å². The number of aliphatic hydroxyl groups is 1. The van der Waals surface area contributed by atoms with Gasteiger partial charge in [0.25, 0.3) is 0 Å². The van der Waals surface area contributed by atoms with Crippen LogP contribution in [0.2, 0.25) is 0 Å². The van der Waals surface area contributed by atoms with Crippen LogP contribution in [0.15, 0.2) is 18.2 Å². The molecular formula is C20H34BO2. The molecule has 0 saturated heterocycles. The molecule has 0 aromatic heterocycles. The van der Waals surface area contributed by atoms with Gasteiger partial charge in [-0.05, 0) is 49.7 Å². The van der Waals surface area contributed by atoms with E-state index in [9.17, 15) is 5.11 Å². The highest BCUT2D eigenvalue weighted by Gasteiger charge is 2.35. The monoisotopic (exact) mass is 317 g/mol. The molecule has 0 aliphatic heterocycles. The van der Waals surface area contributed by atoms with E-state index in [1.807, 2.05) is 13.8 Å². The Kier molecular flexibility index (Phi) is 5.51. The molecule has 23 heavy (non-hydrogen) atoms.